The van der Waals surface area contributed by atoms with Crippen molar-refractivity contribution in [3.8, 4) is 0 Å². The number of halogens is 3. The highest BCUT2D eigenvalue weighted by Gasteiger charge is 2.30. The van der Waals surface area contributed by atoms with Crippen molar-refractivity contribution in [3.05, 3.63) is 35.4 Å². The van der Waals surface area contributed by atoms with E-state index in [2.05, 4.69) is 4.99 Å². The highest BCUT2D eigenvalue weighted by molar-refractivity contribution is 5.78. The zero-order valence-corrected chi connectivity index (χ0v) is 13.1. The van der Waals surface area contributed by atoms with Gasteiger partial charge in [0.05, 0.1) is 18.8 Å². The predicted octanol–water partition coefficient (Wildman–Crippen LogP) is 2.85. The van der Waals surface area contributed by atoms with Crippen molar-refractivity contribution in [2.45, 2.75) is 25.4 Å². The van der Waals surface area contributed by atoms with Crippen molar-refractivity contribution in [1.82, 2.24) is 4.90 Å². The second kappa shape index (κ2) is 7.68. The van der Waals surface area contributed by atoms with Crippen molar-refractivity contribution in [2.24, 2.45) is 10.7 Å². The fraction of sp³-hybridized carbons (Fsp3) is 0.562. The van der Waals surface area contributed by atoms with E-state index in [1.165, 1.54) is 12.1 Å². The molecular formula is C16H22F3N3O. The summed E-state index contributed by atoms with van der Waals surface area (Å²) >= 11 is 0. The molecule has 1 unspecified atom stereocenters. The van der Waals surface area contributed by atoms with Gasteiger partial charge in [0.25, 0.3) is 0 Å². The lowest BCUT2D eigenvalue weighted by Crippen LogP contribution is -2.44. The van der Waals surface area contributed by atoms with E-state index < -0.39 is 11.7 Å². The highest BCUT2D eigenvalue weighted by Crippen LogP contribution is 2.31. The molecular weight excluding hydrogens is 307 g/mol. The first-order chi connectivity index (χ1) is 10.9. The van der Waals surface area contributed by atoms with Gasteiger partial charge in [-0.3, -0.25) is 4.99 Å². The zero-order chi connectivity index (χ0) is 16.9. The van der Waals surface area contributed by atoms with Gasteiger partial charge in [0.1, 0.15) is 0 Å². The third-order valence-corrected chi connectivity index (χ3v) is 3.95. The van der Waals surface area contributed by atoms with Crippen LogP contribution in [0.15, 0.2) is 29.3 Å². The first-order valence-corrected chi connectivity index (χ1v) is 7.67. The smallest absolute Gasteiger partial charge is 0.378 e. The van der Waals surface area contributed by atoms with Gasteiger partial charge in [0, 0.05) is 19.6 Å². The first-order valence-electron chi connectivity index (χ1n) is 7.67. The van der Waals surface area contributed by atoms with Gasteiger partial charge < -0.3 is 15.4 Å². The normalized spacial score (nSPS) is 18.1. The van der Waals surface area contributed by atoms with E-state index >= 15 is 0 Å². The molecule has 0 amide bonds. The summed E-state index contributed by atoms with van der Waals surface area (Å²) in [6, 6.07) is 5.46. The van der Waals surface area contributed by atoms with Gasteiger partial charge >= 0.3 is 6.18 Å². The van der Waals surface area contributed by atoms with E-state index in [1.54, 1.807) is 6.07 Å². The summed E-state index contributed by atoms with van der Waals surface area (Å²) in [6.07, 6.45) is -3.67. The Kier molecular flexibility index (Phi) is 5.87. The molecule has 2 N–H and O–H groups in total. The minimum absolute atomic E-state index is 0.0152. The lowest BCUT2D eigenvalue weighted by atomic mass is 9.96. The average Bonchev–Trinajstić information content (AvgIpc) is 2.54. The maximum absolute atomic E-state index is 12.7. The number of aliphatic imine (C=N–C) groups is 1. The lowest BCUT2D eigenvalue weighted by Gasteiger charge is -2.27. The summed E-state index contributed by atoms with van der Waals surface area (Å²) in [4.78, 5) is 6.28. The topological polar surface area (TPSA) is 50.8 Å². The molecule has 128 valence electrons. The van der Waals surface area contributed by atoms with Gasteiger partial charge in [-0.25, -0.2) is 0 Å². The van der Waals surface area contributed by atoms with Gasteiger partial charge in [-0.15, -0.1) is 0 Å². The van der Waals surface area contributed by atoms with E-state index in [9.17, 15) is 13.2 Å². The Bertz CT molecular complexity index is 540. The number of benzene rings is 1. The molecule has 0 aliphatic carbocycles. The van der Waals surface area contributed by atoms with Crippen LogP contribution >= 0.6 is 0 Å². The van der Waals surface area contributed by atoms with Crippen LogP contribution in [-0.4, -0.2) is 43.7 Å². The standard InChI is InChI=1S/C16H22F3N3O/c1-12(13-3-2-4-14(11-13)16(17,18)19)5-6-21-15(20)22-7-9-23-10-8-22/h2-4,11-12H,5-10H2,1H3,(H2,20,21). The molecule has 1 fully saturated rings. The number of hydrogen-bond acceptors (Lipinski definition) is 2. The van der Waals surface area contributed by atoms with Gasteiger partial charge in [-0.2, -0.15) is 13.2 Å². The molecule has 1 aromatic rings. The number of rotatable bonds is 4. The molecule has 1 aromatic carbocycles. The maximum atomic E-state index is 12.7. The summed E-state index contributed by atoms with van der Waals surface area (Å²) in [7, 11) is 0. The predicted molar refractivity (Wildman–Crippen MR) is 83.4 cm³/mol. The Labute approximate surface area is 134 Å². The van der Waals surface area contributed by atoms with Crippen molar-refractivity contribution < 1.29 is 17.9 Å². The summed E-state index contributed by atoms with van der Waals surface area (Å²) in [5.41, 5.74) is 5.98. The number of ether oxygens (including phenoxy) is 1. The Morgan fingerprint density at radius 2 is 2.04 bits per heavy atom. The van der Waals surface area contributed by atoms with E-state index in [4.69, 9.17) is 10.5 Å². The summed E-state index contributed by atoms with van der Waals surface area (Å²) < 4.78 is 43.5. The van der Waals surface area contributed by atoms with Gasteiger partial charge in [0.2, 0.25) is 0 Å². The van der Waals surface area contributed by atoms with Crippen LogP contribution in [0.25, 0.3) is 0 Å². The van der Waals surface area contributed by atoms with E-state index in [1.807, 2.05) is 11.8 Å². The molecule has 0 saturated carbocycles. The van der Waals surface area contributed by atoms with Crippen LogP contribution in [0.4, 0.5) is 13.2 Å². The second-order valence-corrected chi connectivity index (χ2v) is 5.65. The Balaban J connectivity index is 1.90. The fourth-order valence-electron chi connectivity index (χ4n) is 2.45. The second-order valence-electron chi connectivity index (χ2n) is 5.65. The van der Waals surface area contributed by atoms with Crippen molar-refractivity contribution in [1.29, 1.82) is 0 Å². The largest absolute Gasteiger partial charge is 0.416 e. The van der Waals surface area contributed by atoms with Gasteiger partial charge in [-0.1, -0.05) is 25.1 Å². The van der Waals surface area contributed by atoms with Gasteiger partial charge in [0.15, 0.2) is 5.96 Å². The monoisotopic (exact) mass is 329 g/mol. The van der Waals surface area contributed by atoms with Gasteiger partial charge in [-0.05, 0) is 24.0 Å². The highest BCUT2D eigenvalue weighted by atomic mass is 19.4. The third kappa shape index (κ3) is 5.13. The Morgan fingerprint density at radius 1 is 1.35 bits per heavy atom. The average molecular weight is 329 g/mol. The van der Waals surface area contributed by atoms with Crippen LogP contribution in [0.5, 0.6) is 0 Å². The first kappa shape index (κ1) is 17.6. The summed E-state index contributed by atoms with van der Waals surface area (Å²) in [6.45, 7) is 5.10. The fourth-order valence-corrected chi connectivity index (χ4v) is 2.45. The number of morpholine rings is 1. The molecule has 2 rings (SSSR count). The van der Waals surface area contributed by atoms with Crippen LogP contribution in [-0.2, 0) is 10.9 Å². The van der Waals surface area contributed by atoms with Crippen molar-refractivity contribution >= 4 is 5.96 Å². The van der Waals surface area contributed by atoms with Crippen LogP contribution in [0, 0.1) is 0 Å². The Morgan fingerprint density at radius 3 is 2.70 bits per heavy atom. The summed E-state index contributed by atoms with van der Waals surface area (Å²) in [5.74, 6) is 0.461. The molecule has 7 heteroatoms. The molecule has 0 aromatic heterocycles. The zero-order valence-electron chi connectivity index (χ0n) is 13.1. The molecule has 0 bridgehead atoms. The molecule has 1 heterocycles. The van der Waals surface area contributed by atoms with Crippen LogP contribution in [0.2, 0.25) is 0 Å². The molecule has 1 atom stereocenters. The molecule has 1 saturated heterocycles. The molecule has 0 radical (unpaired) electrons. The van der Waals surface area contributed by atoms with Crippen LogP contribution in [0.3, 0.4) is 0 Å². The van der Waals surface area contributed by atoms with Crippen LogP contribution < -0.4 is 5.73 Å². The van der Waals surface area contributed by atoms with E-state index in [-0.39, 0.29) is 5.92 Å². The number of alkyl halides is 3. The summed E-state index contributed by atoms with van der Waals surface area (Å²) in [5, 5.41) is 0. The molecule has 0 spiro atoms. The molecule has 1 aliphatic rings. The molecule has 1 aliphatic heterocycles. The SMILES string of the molecule is CC(CCN=C(N)N1CCOCC1)c1cccc(C(F)(F)F)c1. The minimum atomic E-state index is -4.31. The number of hydrogen-bond donors (Lipinski definition) is 1. The number of guanidine groups is 1. The quantitative estimate of drug-likeness (QED) is 0.683. The van der Waals surface area contributed by atoms with Crippen molar-refractivity contribution in [3.63, 3.8) is 0 Å². The van der Waals surface area contributed by atoms with Crippen molar-refractivity contribution in [2.75, 3.05) is 32.8 Å². The lowest BCUT2D eigenvalue weighted by molar-refractivity contribution is -0.137. The number of nitrogens with zero attached hydrogens (tertiary/aromatic N) is 2. The minimum Gasteiger partial charge on any atom is -0.378 e. The van der Waals surface area contributed by atoms with Crippen LogP contribution in [0.1, 0.15) is 30.4 Å². The maximum Gasteiger partial charge on any atom is 0.416 e. The molecule has 4 nitrogen and oxygen atoms in total. The third-order valence-electron chi connectivity index (χ3n) is 3.95. The van der Waals surface area contributed by atoms with E-state index in [0.717, 1.165) is 19.2 Å². The number of nitrogens with two attached hydrogens (primary N) is 1. The molecule has 23 heavy (non-hydrogen) atoms. The Hall–Kier alpha value is -1.76. The van der Waals surface area contributed by atoms with E-state index in [0.29, 0.717) is 37.7 Å².